The number of carbonyl (C=O) groups excluding carboxylic acids is 3. The van der Waals surface area contributed by atoms with Crippen molar-refractivity contribution in [2.45, 2.75) is 0 Å². The number of urea groups is 1. The van der Waals surface area contributed by atoms with Crippen molar-refractivity contribution in [3.8, 4) is 0 Å². The zero-order valence-corrected chi connectivity index (χ0v) is 10.4. The highest BCUT2D eigenvalue weighted by Gasteiger charge is 2.16. The Labute approximate surface area is 117 Å². The van der Waals surface area contributed by atoms with Gasteiger partial charge in [0.1, 0.15) is 0 Å². The van der Waals surface area contributed by atoms with Crippen molar-refractivity contribution in [2.24, 2.45) is 10.3 Å². The Balaban J connectivity index is 0.000000222. The van der Waals surface area contributed by atoms with Crippen LogP contribution in [0.25, 0.3) is 20.9 Å². The monoisotopic (exact) mass is 285 g/mol. The molecule has 1 aromatic carbocycles. The molecule has 0 atom stereocenters. The first-order valence-corrected chi connectivity index (χ1v) is 5.35. The quantitative estimate of drug-likeness (QED) is 0.364. The van der Waals surface area contributed by atoms with Gasteiger partial charge in [0.15, 0.2) is 11.6 Å². The first-order valence-electron chi connectivity index (χ1n) is 5.35. The van der Waals surface area contributed by atoms with Crippen LogP contribution in [-0.2, 0) is 0 Å². The fourth-order valence-corrected chi connectivity index (χ4v) is 1.37. The minimum Gasteiger partial charge on any atom is -0.289 e. The Hall–Kier alpha value is -3.61. The number of carbonyl (C=O) groups is 3. The fourth-order valence-electron chi connectivity index (χ4n) is 1.37. The second kappa shape index (κ2) is 7.74. The number of nitrogens with one attached hydrogen (secondary N) is 1. The van der Waals surface area contributed by atoms with Crippen molar-refractivity contribution >= 4 is 17.6 Å². The van der Waals surface area contributed by atoms with Gasteiger partial charge in [0, 0.05) is 21.2 Å². The molecule has 0 aliphatic heterocycles. The maximum Gasteiger partial charge on any atom is 0.401 e. The van der Waals surface area contributed by atoms with E-state index in [9.17, 15) is 14.4 Å². The van der Waals surface area contributed by atoms with Crippen molar-refractivity contribution in [3.05, 3.63) is 68.4 Å². The topological polar surface area (TPSA) is 161 Å². The number of nitrogens with zero attached hydrogens (tertiary/aromatic N) is 6. The average Bonchev–Trinajstić information content (AvgIpc) is 2.50. The van der Waals surface area contributed by atoms with Crippen molar-refractivity contribution < 1.29 is 14.4 Å². The summed E-state index contributed by atoms with van der Waals surface area (Å²) in [6.07, 6.45) is 2.62. The maximum atomic E-state index is 11.2. The van der Waals surface area contributed by atoms with E-state index in [1.54, 1.807) is 29.7 Å². The summed E-state index contributed by atoms with van der Waals surface area (Å²) in [7, 11) is 0. The van der Waals surface area contributed by atoms with E-state index >= 15 is 0 Å². The van der Waals surface area contributed by atoms with E-state index in [-0.39, 0.29) is 11.6 Å². The number of azide groups is 2. The summed E-state index contributed by atoms with van der Waals surface area (Å²) in [5.74, 6) is -0.185. The van der Waals surface area contributed by atoms with E-state index in [4.69, 9.17) is 11.1 Å². The lowest BCUT2D eigenvalue weighted by Crippen LogP contribution is -2.10. The molecule has 2 rings (SSSR count). The van der Waals surface area contributed by atoms with Gasteiger partial charge in [-0.3, -0.25) is 9.59 Å². The zero-order valence-electron chi connectivity index (χ0n) is 10.4. The summed E-state index contributed by atoms with van der Waals surface area (Å²) in [5.41, 5.74) is 17.8. The highest BCUT2D eigenvalue weighted by molar-refractivity contribution is 6.21. The third-order valence-corrected chi connectivity index (χ3v) is 2.17. The van der Waals surface area contributed by atoms with Crippen LogP contribution in [0.5, 0.6) is 0 Å². The predicted octanol–water partition coefficient (Wildman–Crippen LogP) is 2.85. The molecule has 0 unspecified atom stereocenters. The lowest BCUT2D eigenvalue weighted by atomic mass is 9.95. The van der Waals surface area contributed by atoms with Crippen LogP contribution in [0, 0.1) is 0 Å². The van der Waals surface area contributed by atoms with Gasteiger partial charge in [0.05, 0.1) is 0 Å². The standard InChI is InChI=1S/C10H6O2.CHN7O/c11-9-5-6-10(12)8-4-2-1-3-7(8)9;2-6-4-1(9)5-8-7-3/h1-6H;(H,5,9). The molecule has 104 valence electrons. The van der Waals surface area contributed by atoms with Crippen LogP contribution < -0.4 is 5.43 Å². The van der Waals surface area contributed by atoms with Crippen LogP contribution in [0.4, 0.5) is 4.79 Å². The van der Waals surface area contributed by atoms with Crippen molar-refractivity contribution in [2.75, 3.05) is 0 Å². The molecule has 1 N–H and O–H groups in total. The SMILES string of the molecule is O=C1C=CC(=O)c2ccccc21.[N-]=[N+]=NNC(=O)N=[N+]=[N-]. The molecule has 2 amide bonds. The van der Waals surface area contributed by atoms with E-state index in [0.29, 0.717) is 11.1 Å². The van der Waals surface area contributed by atoms with Gasteiger partial charge in [-0.2, -0.15) is 10.3 Å². The van der Waals surface area contributed by atoms with Gasteiger partial charge in [-0.25, -0.2) is 4.79 Å². The third kappa shape index (κ3) is 4.52. The van der Waals surface area contributed by atoms with Crippen LogP contribution in [0.2, 0.25) is 0 Å². The molecule has 10 heteroatoms. The summed E-state index contributed by atoms with van der Waals surface area (Å²) in [6, 6.07) is 5.81. The number of hydrogen-bond acceptors (Lipinski definition) is 4. The Morgan fingerprint density at radius 2 is 1.52 bits per heavy atom. The van der Waals surface area contributed by atoms with Crippen LogP contribution in [0.3, 0.4) is 0 Å². The minimum atomic E-state index is -1.03. The maximum absolute atomic E-state index is 11.2. The summed E-state index contributed by atoms with van der Waals surface area (Å²) in [4.78, 5) is 36.7. The molecule has 0 fully saturated rings. The smallest absolute Gasteiger partial charge is 0.289 e. The van der Waals surface area contributed by atoms with Crippen LogP contribution >= 0.6 is 0 Å². The molecular weight excluding hydrogens is 278 g/mol. The lowest BCUT2D eigenvalue weighted by Gasteiger charge is -2.06. The van der Waals surface area contributed by atoms with E-state index < -0.39 is 6.03 Å². The number of allylic oxidation sites excluding steroid dienone is 2. The Bertz CT molecular complexity index is 675. The van der Waals surface area contributed by atoms with E-state index in [0.717, 1.165) is 0 Å². The molecule has 0 bridgehead atoms. The van der Waals surface area contributed by atoms with Gasteiger partial charge < -0.3 is 0 Å². The molecule has 0 saturated heterocycles. The average molecular weight is 285 g/mol. The number of benzene rings is 1. The molecule has 1 aliphatic rings. The van der Waals surface area contributed by atoms with Crippen LogP contribution in [0.1, 0.15) is 20.7 Å². The fraction of sp³-hybridized carbons (Fsp3) is 0. The lowest BCUT2D eigenvalue weighted by molar-refractivity contribution is 0.0994. The van der Waals surface area contributed by atoms with Gasteiger partial charge in [0.25, 0.3) is 0 Å². The second-order valence-corrected chi connectivity index (χ2v) is 3.40. The summed E-state index contributed by atoms with van der Waals surface area (Å²) in [5, 5.41) is 5.13. The predicted molar refractivity (Wildman–Crippen MR) is 71.1 cm³/mol. The molecule has 1 aromatic rings. The second-order valence-electron chi connectivity index (χ2n) is 3.40. The third-order valence-electron chi connectivity index (χ3n) is 2.17. The Kier molecular flexibility index (Phi) is 5.70. The zero-order chi connectivity index (χ0) is 15.7. The summed E-state index contributed by atoms with van der Waals surface area (Å²) < 4.78 is 0. The summed E-state index contributed by atoms with van der Waals surface area (Å²) >= 11 is 0. The van der Waals surface area contributed by atoms with E-state index in [2.05, 4.69) is 20.2 Å². The van der Waals surface area contributed by atoms with Gasteiger partial charge in [-0.05, 0) is 22.9 Å². The number of ketones is 2. The molecule has 0 heterocycles. The van der Waals surface area contributed by atoms with Crippen molar-refractivity contribution in [1.29, 1.82) is 0 Å². The van der Waals surface area contributed by atoms with Crippen LogP contribution in [-0.4, -0.2) is 17.6 Å². The highest BCUT2D eigenvalue weighted by Crippen LogP contribution is 2.15. The van der Waals surface area contributed by atoms with Gasteiger partial charge in [0.2, 0.25) is 0 Å². The molecular formula is C11H7N7O3. The molecule has 0 spiro atoms. The number of fused-ring (bicyclic) bond motifs is 1. The van der Waals surface area contributed by atoms with E-state index in [1.807, 2.05) is 0 Å². The summed E-state index contributed by atoms with van der Waals surface area (Å²) in [6.45, 7) is 0. The molecule has 0 radical (unpaired) electrons. The molecule has 0 saturated carbocycles. The van der Waals surface area contributed by atoms with Gasteiger partial charge in [-0.1, -0.05) is 24.3 Å². The Morgan fingerprint density at radius 1 is 1.00 bits per heavy atom. The number of rotatable bonds is 1. The molecule has 10 nitrogen and oxygen atoms in total. The molecule has 1 aliphatic carbocycles. The van der Waals surface area contributed by atoms with Crippen LogP contribution in [0.15, 0.2) is 46.8 Å². The van der Waals surface area contributed by atoms with E-state index in [1.165, 1.54) is 12.2 Å². The molecule has 0 aromatic heterocycles. The van der Waals surface area contributed by atoms with Crippen molar-refractivity contribution in [3.63, 3.8) is 0 Å². The largest absolute Gasteiger partial charge is 0.401 e. The number of hydrogen-bond donors (Lipinski definition) is 1. The first kappa shape index (κ1) is 15.4. The highest BCUT2D eigenvalue weighted by atomic mass is 16.2. The number of amides is 2. The van der Waals surface area contributed by atoms with Gasteiger partial charge in [-0.15, -0.1) is 5.53 Å². The molecule has 21 heavy (non-hydrogen) atoms. The minimum absolute atomic E-state index is 0.0924. The Morgan fingerprint density at radius 3 is 1.95 bits per heavy atom. The van der Waals surface area contributed by atoms with Crippen molar-refractivity contribution in [1.82, 2.24) is 5.43 Å². The normalized spacial score (nSPS) is 11.0. The van der Waals surface area contributed by atoms with Gasteiger partial charge >= 0.3 is 6.03 Å². The first-order chi connectivity index (χ1) is 10.1.